The van der Waals surface area contributed by atoms with Gasteiger partial charge in [-0.1, -0.05) is 26.0 Å². The molecule has 3 aliphatic rings. The number of halogens is 3. The minimum Gasteiger partial charge on any atom is -0.478 e. The molecule has 0 saturated carbocycles. The molecule has 2 unspecified atom stereocenters. The van der Waals surface area contributed by atoms with Crippen LogP contribution in [0.3, 0.4) is 0 Å². The summed E-state index contributed by atoms with van der Waals surface area (Å²) in [4.78, 5) is 29.1. The Morgan fingerprint density at radius 3 is 2.55 bits per heavy atom. The van der Waals surface area contributed by atoms with Crippen LogP contribution in [-0.4, -0.2) is 52.6 Å². The van der Waals surface area contributed by atoms with Gasteiger partial charge in [-0.3, -0.25) is 4.79 Å². The molecule has 2 saturated heterocycles. The second-order valence-electron chi connectivity index (χ2n) is 11.1. The second kappa shape index (κ2) is 9.91. The first-order valence-electron chi connectivity index (χ1n) is 13.2. The number of piperidine rings is 1. The van der Waals surface area contributed by atoms with Gasteiger partial charge in [-0.25, -0.2) is 4.79 Å². The summed E-state index contributed by atoms with van der Waals surface area (Å²) in [6.07, 6.45) is -1.91. The summed E-state index contributed by atoms with van der Waals surface area (Å²) in [5.41, 5.74) is 0.373. The van der Waals surface area contributed by atoms with Crippen LogP contribution in [0, 0.1) is 11.3 Å². The fraction of sp³-hybridized carbons (Fsp3) is 0.517. The Bertz CT molecular complexity index is 1220. The van der Waals surface area contributed by atoms with Crippen LogP contribution in [0.25, 0.3) is 0 Å². The Labute approximate surface area is 220 Å². The van der Waals surface area contributed by atoms with Crippen LogP contribution in [0.15, 0.2) is 42.5 Å². The SMILES string of the molecule is CC(C)C1(CCN2CCC(c3cccc(C(=O)O)c3)CC2)CC2Oc3ccc(C(F)(F)F)cc3CN2C1=O. The Kier molecular flexibility index (Phi) is 6.92. The summed E-state index contributed by atoms with van der Waals surface area (Å²) in [5, 5.41) is 9.29. The number of ether oxygens (including phenoxy) is 1. The number of fused-ring (bicyclic) bond motifs is 2. The van der Waals surface area contributed by atoms with Gasteiger partial charge in [0.25, 0.3) is 0 Å². The van der Waals surface area contributed by atoms with Gasteiger partial charge >= 0.3 is 12.1 Å². The molecule has 2 aromatic rings. The molecule has 6 nitrogen and oxygen atoms in total. The summed E-state index contributed by atoms with van der Waals surface area (Å²) in [6, 6.07) is 10.6. The Morgan fingerprint density at radius 2 is 1.89 bits per heavy atom. The number of amides is 1. The molecular formula is C29H33F3N2O4. The fourth-order valence-electron chi connectivity index (χ4n) is 6.28. The van der Waals surface area contributed by atoms with Crippen LogP contribution < -0.4 is 4.74 Å². The lowest BCUT2D eigenvalue weighted by atomic mass is 9.72. The number of rotatable bonds is 6. The molecule has 2 aromatic carbocycles. The highest BCUT2D eigenvalue weighted by molar-refractivity contribution is 5.87. The molecule has 1 N–H and O–H groups in total. The number of likely N-dealkylation sites (tertiary alicyclic amines) is 1. The Morgan fingerprint density at radius 1 is 1.16 bits per heavy atom. The second-order valence-corrected chi connectivity index (χ2v) is 11.1. The van der Waals surface area contributed by atoms with Crippen molar-refractivity contribution in [1.82, 2.24) is 9.80 Å². The van der Waals surface area contributed by atoms with Gasteiger partial charge in [-0.2, -0.15) is 13.2 Å². The number of carboxylic acid groups (broad SMARTS) is 1. The molecule has 1 amide bonds. The average Bonchev–Trinajstić information content (AvgIpc) is 3.17. The number of alkyl halides is 3. The number of hydrogen-bond donors (Lipinski definition) is 1. The maximum absolute atomic E-state index is 13.7. The zero-order valence-electron chi connectivity index (χ0n) is 21.6. The highest BCUT2D eigenvalue weighted by atomic mass is 19.4. The monoisotopic (exact) mass is 530 g/mol. The van der Waals surface area contributed by atoms with E-state index in [1.807, 2.05) is 19.9 Å². The van der Waals surface area contributed by atoms with Gasteiger partial charge in [-0.15, -0.1) is 0 Å². The third kappa shape index (κ3) is 4.88. The van der Waals surface area contributed by atoms with Crippen LogP contribution in [0.2, 0.25) is 0 Å². The molecule has 38 heavy (non-hydrogen) atoms. The first-order chi connectivity index (χ1) is 18.0. The van der Waals surface area contributed by atoms with Gasteiger partial charge < -0.3 is 19.6 Å². The van der Waals surface area contributed by atoms with Crippen molar-refractivity contribution in [3.8, 4) is 5.75 Å². The van der Waals surface area contributed by atoms with Crippen molar-refractivity contribution in [3.05, 3.63) is 64.7 Å². The van der Waals surface area contributed by atoms with Crippen LogP contribution in [-0.2, 0) is 17.5 Å². The highest BCUT2D eigenvalue weighted by Gasteiger charge is 2.55. The van der Waals surface area contributed by atoms with E-state index in [0.29, 0.717) is 35.6 Å². The minimum atomic E-state index is -4.45. The van der Waals surface area contributed by atoms with E-state index in [1.54, 1.807) is 23.1 Å². The first kappa shape index (κ1) is 26.5. The molecule has 0 spiro atoms. The normalized spacial score (nSPS) is 24.3. The minimum absolute atomic E-state index is 0.0408. The third-order valence-electron chi connectivity index (χ3n) is 8.74. The molecule has 0 aliphatic carbocycles. The summed E-state index contributed by atoms with van der Waals surface area (Å²) in [7, 11) is 0. The molecule has 0 radical (unpaired) electrons. The third-order valence-corrected chi connectivity index (χ3v) is 8.74. The lowest BCUT2D eigenvalue weighted by Gasteiger charge is -2.37. The molecule has 2 atom stereocenters. The predicted octanol–water partition coefficient (Wildman–Crippen LogP) is 5.77. The zero-order chi connectivity index (χ0) is 27.2. The van der Waals surface area contributed by atoms with Crippen LogP contribution in [0.5, 0.6) is 5.75 Å². The number of carbonyl (C=O) groups excluding carboxylic acids is 1. The summed E-state index contributed by atoms with van der Waals surface area (Å²) < 4.78 is 45.8. The van der Waals surface area contributed by atoms with Gasteiger partial charge in [0, 0.05) is 12.0 Å². The standard InChI is InChI=1S/C29H33F3N2O4/c1-18(2)28(10-13-33-11-8-19(9-12-33)20-4-3-5-21(14-20)26(35)36)16-25-34(27(28)37)17-22-15-23(29(30,31)32)6-7-24(22)38-25/h3-7,14-15,18-19,25H,8-13,16-17H2,1-2H3,(H,35,36). The van der Waals surface area contributed by atoms with Crippen molar-refractivity contribution in [2.45, 2.75) is 64.4 Å². The highest BCUT2D eigenvalue weighted by Crippen LogP contribution is 2.49. The van der Waals surface area contributed by atoms with Crippen molar-refractivity contribution < 1.29 is 32.6 Å². The largest absolute Gasteiger partial charge is 0.478 e. The number of carboxylic acids is 1. The molecule has 5 rings (SSSR count). The number of benzene rings is 2. The van der Waals surface area contributed by atoms with E-state index in [4.69, 9.17) is 4.74 Å². The lowest BCUT2D eigenvalue weighted by molar-refractivity contribution is -0.142. The van der Waals surface area contributed by atoms with Gasteiger partial charge in [0.1, 0.15) is 5.75 Å². The van der Waals surface area contributed by atoms with Gasteiger partial charge in [0.15, 0.2) is 6.23 Å². The molecule has 3 aliphatic heterocycles. The van der Waals surface area contributed by atoms with E-state index in [-0.39, 0.29) is 18.4 Å². The van der Waals surface area contributed by atoms with Crippen molar-refractivity contribution in [1.29, 1.82) is 0 Å². The maximum Gasteiger partial charge on any atom is 0.416 e. The Balaban J connectivity index is 1.24. The lowest BCUT2D eigenvalue weighted by Crippen LogP contribution is -2.44. The smallest absolute Gasteiger partial charge is 0.416 e. The number of hydrogen-bond acceptors (Lipinski definition) is 4. The van der Waals surface area contributed by atoms with E-state index in [2.05, 4.69) is 4.90 Å². The molecule has 204 valence electrons. The van der Waals surface area contributed by atoms with E-state index >= 15 is 0 Å². The quantitative estimate of drug-likeness (QED) is 0.514. The predicted molar refractivity (Wildman–Crippen MR) is 135 cm³/mol. The van der Waals surface area contributed by atoms with Crippen LogP contribution in [0.4, 0.5) is 13.2 Å². The Hall–Kier alpha value is -3.07. The number of aromatic carboxylic acids is 1. The van der Waals surface area contributed by atoms with E-state index < -0.39 is 29.4 Å². The van der Waals surface area contributed by atoms with E-state index in [1.165, 1.54) is 6.07 Å². The number of nitrogens with zero attached hydrogens (tertiary/aromatic N) is 2. The fourth-order valence-corrected chi connectivity index (χ4v) is 6.28. The van der Waals surface area contributed by atoms with Crippen molar-refractivity contribution in [2.24, 2.45) is 11.3 Å². The molecule has 2 fully saturated rings. The van der Waals surface area contributed by atoms with Crippen molar-refractivity contribution in [3.63, 3.8) is 0 Å². The maximum atomic E-state index is 13.7. The van der Waals surface area contributed by atoms with Gasteiger partial charge in [0.2, 0.25) is 5.91 Å². The van der Waals surface area contributed by atoms with E-state index in [9.17, 15) is 27.9 Å². The first-order valence-corrected chi connectivity index (χ1v) is 13.2. The molecule has 9 heteroatoms. The topological polar surface area (TPSA) is 70.1 Å². The molecule has 0 bridgehead atoms. The van der Waals surface area contributed by atoms with Crippen LogP contribution >= 0.6 is 0 Å². The summed E-state index contributed by atoms with van der Waals surface area (Å²) >= 11 is 0. The van der Waals surface area contributed by atoms with E-state index in [0.717, 1.165) is 50.2 Å². The average molecular weight is 531 g/mol. The molecule has 0 aromatic heterocycles. The van der Waals surface area contributed by atoms with Gasteiger partial charge in [-0.05, 0) is 86.6 Å². The summed E-state index contributed by atoms with van der Waals surface area (Å²) in [5.74, 6) is -0.190. The number of carbonyl (C=O) groups is 2. The summed E-state index contributed by atoms with van der Waals surface area (Å²) in [6.45, 7) is 6.66. The van der Waals surface area contributed by atoms with Gasteiger partial charge in [0.05, 0.1) is 23.1 Å². The van der Waals surface area contributed by atoms with Crippen LogP contribution in [0.1, 0.15) is 72.5 Å². The van der Waals surface area contributed by atoms with Crippen molar-refractivity contribution in [2.75, 3.05) is 19.6 Å². The molecule has 3 heterocycles. The van der Waals surface area contributed by atoms with Crippen molar-refractivity contribution >= 4 is 11.9 Å². The zero-order valence-corrected chi connectivity index (χ0v) is 21.6. The molecular weight excluding hydrogens is 497 g/mol.